The molecule has 0 unspecified atom stereocenters. The fourth-order valence-electron chi connectivity index (χ4n) is 1.30. The van der Waals surface area contributed by atoms with Crippen LogP contribution in [0, 0.1) is 5.92 Å². The van der Waals surface area contributed by atoms with Crippen molar-refractivity contribution in [1.29, 1.82) is 0 Å². The lowest BCUT2D eigenvalue weighted by atomic mass is 10.0. The monoisotopic (exact) mass is 243 g/mol. The van der Waals surface area contributed by atoms with Crippen molar-refractivity contribution in [2.24, 2.45) is 5.92 Å². The first kappa shape index (κ1) is 16.1. The standard InChI is InChI=1S/C13H25NO3/c1-11(2)6-10-17-13(3,4)7-5-12(16)14-8-9-15/h9,11H,5-8,10H2,1-4H3,(H,14,16). The van der Waals surface area contributed by atoms with Crippen LogP contribution in [0.25, 0.3) is 0 Å². The summed E-state index contributed by atoms with van der Waals surface area (Å²) < 4.78 is 5.75. The summed E-state index contributed by atoms with van der Waals surface area (Å²) >= 11 is 0. The second kappa shape index (κ2) is 8.23. The van der Waals surface area contributed by atoms with Gasteiger partial charge in [-0.2, -0.15) is 0 Å². The van der Waals surface area contributed by atoms with Crippen LogP contribution in [0.3, 0.4) is 0 Å². The number of hydrogen-bond acceptors (Lipinski definition) is 3. The zero-order chi connectivity index (χ0) is 13.3. The number of aldehydes is 1. The molecule has 0 saturated heterocycles. The number of carbonyl (C=O) groups is 2. The maximum Gasteiger partial charge on any atom is 0.220 e. The van der Waals surface area contributed by atoms with E-state index in [1.165, 1.54) is 0 Å². The van der Waals surface area contributed by atoms with Crippen molar-refractivity contribution in [2.75, 3.05) is 13.2 Å². The highest BCUT2D eigenvalue weighted by atomic mass is 16.5. The molecule has 0 aromatic heterocycles. The van der Waals surface area contributed by atoms with Crippen LogP contribution in [0.15, 0.2) is 0 Å². The summed E-state index contributed by atoms with van der Waals surface area (Å²) in [4.78, 5) is 21.4. The molecule has 0 radical (unpaired) electrons. The van der Waals surface area contributed by atoms with Crippen LogP contribution in [0.4, 0.5) is 0 Å². The molecule has 4 nitrogen and oxygen atoms in total. The Balaban J connectivity index is 3.76. The van der Waals surface area contributed by atoms with E-state index in [2.05, 4.69) is 19.2 Å². The van der Waals surface area contributed by atoms with Crippen LogP contribution in [-0.4, -0.2) is 30.9 Å². The van der Waals surface area contributed by atoms with E-state index in [0.29, 0.717) is 25.0 Å². The van der Waals surface area contributed by atoms with Crippen molar-refractivity contribution < 1.29 is 14.3 Å². The van der Waals surface area contributed by atoms with Crippen molar-refractivity contribution in [3.8, 4) is 0 Å². The Hall–Kier alpha value is -0.900. The van der Waals surface area contributed by atoms with E-state index >= 15 is 0 Å². The number of carbonyl (C=O) groups excluding carboxylic acids is 2. The third-order valence-corrected chi connectivity index (χ3v) is 2.52. The Bertz CT molecular complexity index is 237. The molecule has 0 fully saturated rings. The van der Waals surface area contributed by atoms with Gasteiger partial charge in [0, 0.05) is 13.0 Å². The van der Waals surface area contributed by atoms with Crippen molar-refractivity contribution in [2.45, 2.75) is 52.6 Å². The van der Waals surface area contributed by atoms with Gasteiger partial charge in [-0.1, -0.05) is 13.8 Å². The van der Waals surface area contributed by atoms with Gasteiger partial charge in [0.05, 0.1) is 12.1 Å². The van der Waals surface area contributed by atoms with Gasteiger partial charge in [0.15, 0.2) is 0 Å². The molecule has 0 aromatic rings. The summed E-state index contributed by atoms with van der Waals surface area (Å²) in [5, 5.41) is 2.52. The SMILES string of the molecule is CC(C)CCOC(C)(C)CCC(=O)NCC=O. The molecule has 0 aromatic carbocycles. The summed E-state index contributed by atoms with van der Waals surface area (Å²) in [6.45, 7) is 9.10. The summed E-state index contributed by atoms with van der Waals surface area (Å²) in [5.74, 6) is 0.527. The first-order valence-corrected chi connectivity index (χ1v) is 6.21. The van der Waals surface area contributed by atoms with Crippen molar-refractivity contribution in [1.82, 2.24) is 5.32 Å². The van der Waals surface area contributed by atoms with Crippen LogP contribution in [-0.2, 0) is 14.3 Å². The molecule has 0 atom stereocenters. The van der Waals surface area contributed by atoms with Crippen LogP contribution >= 0.6 is 0 Å². The lowest BCUT2D eigenvalue weighted by Crippen LogP contribution is -2.30. The topological polar surface area (TPSA) is 55.4 Å². The van der Waals surface area contributed by atoms with Gasteiger partial charge in [0.2, 0.25) is 5.91 Å². The van der Waals surface area contributed by atoms with Crippen LogP contribution < -0.4 is 5.32 Å². The summed E-state index contributed by atoms with van der Waals surface area (Å²) in [7, 11) is 0. The molecule has 0 aliphatic rings. The highest BCUT2D eigenvalue weighted by molar-refractivity contribution is 5.78. The highest BCUT2D eigenvalue weighted by Crippen LogP contribution is 2.17. The van der Waals surface area contributed by atoms with E-state index in [1.807, 2.05) is 13.8 Å². The molecule has 0 heterocycles. The van der Waals surface area contributed by atoms with E-state index in [-0.39, 0.29) is 18.1 Å². The van der Waals surface area contributed by atoms with Crippen LogP contribution in [0.2, 0.25) is 0 Å². The van der Waals surface area contributed by atoms with Gasteiger partial charge in [-0.25, -0.2) is 0 Å². The predicted molar refractivity (Wildman–Crippen MR) is 67.8 cm³/mol. The molecular weight excluding hydrogens is 218 g/mol. The van der Waals surface area contributed by atoms with Gasteiger partial charge in [-0.05, 0) is 32.6 Å². The molecule has 0 aliphatic heterocycles. The Morgan fingerprint density at radius 1 is 1.41 bits per heavy atom. The molecule has 17 heavy (non-hydrogen) atoms. The maximum atomic E-state index is 11.3. The summed E-state index contributed by atoms with van der Waals surface area (Å²) in [5.41, 5.74) is -0.284. The second-order valence-corrected chi connectivity index (χ2v) is 5.26. The third-order valence-electron chi connectivity index (χ3n) is 2.52. The Kier molecular flexibility index (Phi) is 7.79. The Morgan fingerprint density at radius 3 is 2.59 bits per heavy atom. The average Bonchev–Trinajstić information content (AvgIpc) is 2.23. The van der Waals surface area contributed by atoms with Gasteiger partial charge in [-0.15, -0.1) is 0 Å². The van der Waals surface area contributed by atoms with Gasteiger partial charge in [0.25, 0.3) is 0 Å². The lowest BCUT2D eigenvalue weighted by molar-refractivity contribution is -0.124. The Labute approximate surface area is 104 Å². The molecule has 4 heteroatoms. The van der Waals surface area contributed by atoms with Gasteiger partial charge in [0.1, 0.15) is 6.29 Å². The normalized spacial score (nSPS) is 11.6. The zero-order valence-electron chi connectivity index (χ0n) is 11.4. The number of rotatable bonds is 9. The van der Waals surface area contributed by atoms with E-state index in [1.54, 1.807) is 0 Å². The third kappa shape index (κ3) is 10.00. The fourth-order valence-corrected chi connectivity index (χ4v) is 1.30. The molecule has 0 saturated carbocycles. The quantitative estimate of drug-likeness (QED) is 0.629. The molecule has 1 amide bonds. The van der Waals surface area contributed by atoms with Gasteiger partial charge < -0.3 is 14.8 Å². The smallest absolute Gasteiger partial charge is 0.220 e. The van der Waals surface area contributed by atoms with Crippen LogP contribution in [0.5, 0.6) is 0 Å². The molecule has 0 rings (SSSR count). The summed E-state index contributed by atoms with van der Waals surface area (Å²) in [6, 6.07) is 0. The molecule has 1 N–H and O–H groups in total. The number of ether oxygens (including phenoxy) is 1. The van der Waals surface area contributed by atoms with Gasteiger partial charge >= 0.3 is 0 Å². The number of amides is 1. The van der Waals surface area contributed by atoms with Gasteiger partial charge in [-0.3, -0.25) is 4.79 Å². The summed E-state index contributed by atoms with van der Waals surface area (Å²) in [6.07, 6.45) is 2.77. The number of hydrogen-bond donors (Lipinski definition) is 1. The Morgan fingerprint density at radius 2 is 2.06 bits per heavy atom. The minimum atomic E-state index is -0.284. The minimum absolute atomic E-state index is 0.0907. The lowest BCUT2D eigenvalue weighted by Gasteiger charge is -2.25. The van der Waals surface area contributed by atoms with E-state index < -0.39 is 0 Å². The molecule has 0 aliphatic carbocycles. The van der Waals surface area contributed by atoms with E-state index in [4.69, 9.17) is 4.74 Å². The first-order chi connectivity index (χ1) is 7.87. The predicted octanol–water partition coefficient (Wildman–Crippen LogP) is 1.92. The molecule has 0 bridgehead atoms. The molecular formula is C13H25NO3. The molecule has 0 spiro atoms. The van der Waals surface area contributed by atoms with Crippen LogP contribution in [0.1, 0.15) is 47.0 Å². The number of nitrogens with one attached hydrogen (secondary N) is 1. The average molecular weight is 243 g/mol. The van der Waals surface area contributed by atoms with Crippen molar-refractivity contribution in [3.63, 3.8) is 0 Å². The van der Waals surface area contributed by atoms with Crippen molar-refractivity contribution in [3.05, 3.63) is 0 Å². The molecule has 100 valence electrons. The van der Waals surface area contributed by atoms with E-state index in [9.17, 15) is 9.59 Å². The second-order valence-electron chi connectivity index (χ2n) is 5.26. The largest absolute Gasteiger partial charge is 0.376 e. The van der Waals surface area contributed by atoms with E-state index in [0.717, 1.165) is 13.0 Å². The van der Waals surface area contributed by atoms with Crippen molar-refractivity contribution >= 4 is 12.2 Å². The fraction of sp³-hybridized carbons (Fsp3) is 0.846. The maximum absolute atomic E-state index is 11.3. The highest BCUT2D eigenvalue weighted by Gasteiger charge is 2.19. The minimum Gasteiger partial charge on any atom is -0.376 e. The zero-order valence-corrected chi connectivity index (χ0v) is 11.4. The first-order valence-electron chi connectivity index (χ1n) is 6.21.